The Labute approximate surface area is 158 Å². The fourth-order valence-electron chi connectivity index (χ4n) is 2.88. The lowest BCUT2D eigenvalue weighted by Gasteiger charge is -2.21. The van der Waals surface area contributed by atoms with Gasteiger partial charge >= 0.3 is 0 Å². The predicted octanol–water partition coefficient (Wildman–Crippen LogP) is 0.698. The fourth-order valence-corrected chi connectivity index (χ4v) is 5.72. The molecule has 0 atom stereocenters. The summed E-state index contributed by atoms with van der Waals surface area (Å²) in [6.45, 7) is 1.94. The van der Waals surface area contributed by atoms with Crippen LogP contribution in [0.3, 0.4) is 0 Å². The van der Waals surface area contributed by atoms with E-state index in [1.165, 1.54) is 52.3 Å². The van der Waals surface area contributed by atoms with E-state index in [-0.39, 0.29) is 41.9 Å². The van der Waals surface area contributed by atoms with Gasteiger partial charge in [-0.1, -0.05) is 12.1 Å². The first-order chi connectivity index (χ1) is 12.7. The Morgan fingerprint density at radius 3 is 2.07 bits per heavy atom. The van der Waals surface area contributed by atoms with Gasteiger partial charge in [-0.15, -0.1) is 0 Å². The number of imidazole rings is 1. The van der Waals surface area contributed by atoms with Crippen LogP contribution in [0, 0.1) is 0 Å². The Bertz CT molecular complexity index is 1020. The molecule has 1 aromatic heterocycles. The molecule has 0 aliphatic carbocycles. The van der Waals surface area contributed by atoms with Gasteiger partial charge in [-0.05, 0) is 25.5 Å². The molecule has 9 nitrogen and oxygen atoms in total. The topological polar surface area (TPSA) is 121 Å². The molecule has 0 amide bonds. The maximum Gasteiger partial charge on any atom is 0.260 e. The highest BCUT2D eigenvalue weighted by Gasteiger charge is 2.32. The molecule has 1 aliphatic heterocycles. The first kappa shape index (κ1) is 19.7. The van der Waals surface area contributed by atoms with E-state index in [9.17, 15) is 21.6 Å². The van der Waals surface area contributed by atoms with Crippen molar-refractivity contribution in [1.82, 2.24) is 18.6 Å². The molecule has 0 saturated carbocycles. The van der Waals surface area contributed by atoms with Crippen LogP contribution >= 0.6 is 0 Å². The van der Waals surface area contributed by atoms with Gasteiger partial charge in [0.15, 0.2) is 10.8 Å². The van der Waals surface area contributed by atoms with Crippen molar-refractivity contribution < 1.29 is 21.6 Å². The molecule has 3 rings (SSSR count). The number of Topliss-reactive ketones (excluding diaryl/α,β-unsaturated/α-hetero) is 1. The summed E-state index contributed by atoms with van der Waals surface area (Å²) in [5.41, 5.74) is 0.432. The van der Waals surface area contributed by atoms with Gasteiger partial charge in [0.2, 0.25) is 10.0 Å². The van der Waals surface area contributed by atoms with Crippen molar-refractivity contribution >= 4 is 25.8 Å². The van der Waals surface area contributed by atoms with Gasteiger partial charge in [0.25, 0.3) is 10.0 Å². The van der Waals surface area contributed by atoms with Crippen molar-refractivity contribution in [2.45, 2.75) is 23.3 Å². The average molecular weight is 412 g/mol. The van der Waals surface area contributed by atoms with E-state index < -0.39 is 20.0 Å². The summed E-state index contributed by atoms with van der Waals surface area (Å²) in [5, 5.41) is -0.0152. The van der Waals surface area contributed by atoms with E-state index in [2.05, 4.69) is 9.97 Å². The van der Waals surface area contributed by atoms with Crippen molar-refractivity contribution in [3.63, 3.8) is 0 Å². The van der Waals surface area contributed by atoms with Gasteiger partial charge in [-0.3, -0.25) is 4.79 Å². The number of rotatable bonds is 5. The molecule has 1 aromatic carbocycles. The van der Waals surface area contributed by atoms with Crippen molar-refractivity contribution in [3.8, 4) is 0 Å². The summed E-state index contributed by atoms with van der Waals surface area (Å²) in [4.78, 5) is 17.7. The Morgan fingerprint density at radius 2 is 1.56 bits per heavy atom. The number of benzene rings is 1. The molecule has 146 valence electrons. The minimum Gasteiger partial charge on any atom is -0.335 e. The molecule has 0 unspecified atom stereocenters. The lowest BCUT2D eigenvalue weighted by atomic mass is 10.2. The second-order valence-electron chi connectivity index (χ2n) is 6.16. The van der Waals surface area contributed by atoms with Crippen molar-refractivity contribution in [2.24, 2.45) is 0 Å². The second-order valence-corrected chi connectivity index (χ2v) is 10.0. The molecule has 1 N–H and O–H groups in total. The standard InChI is InChI=1S/C16H20N4O5S2/c1-13(21)14-3-5-15(6-4-14)26(22,23)19-7-2-8-20(10-9-19)27(24,25)16-11-17-12-18-16/h3-6,11-12H,2,7-10H2,1H3,(H,17,18). The van der Waals surface area contributed by atoms with E-state index in [4.69, 9.17) is 0 Å². The predicted molar refractivity (Wildman–Crippen MR) is 97.2 cm³/mol. The van der Waals surface area contributed by atoms with Crippen LogP contribution in [-0.2, 0) is 20.0 Å². The molecule has 0 radical (unpaired) electrons. The lowest BCUT2D eigenvalue weighted by molar-refractivity contribution is 0.101. The van der Waals surface area contributed by atoms with Gasteiger partial charge in [-0.25, -0.2) is 21.8 Å². The first-order valence-electron chi connectivity index (χ1n) is 8.32. The van der Waals surface area contributed by atoms with Crippen LogP contribution in [0.1, 0.15) is 23.7 Å². The highest BCUT2D eigenvalue weighted by atomic mass is 32.2. The number of nitrogens with zero attached hydrogens (tertiary/aromatic N) is 3. The Hall–Kier alpha value is -2.08. The van der Waals surface area contributed by atoms with E-state index in [0.717, 1.165) is 0 Å². The molecular formula is C16H20N4O5S2. The van der Waals surface area contributed by atoms with Crippen LogP contribution in [0.25, 0.3) is 0 Å². The van der Waals surface area contributed by atoms with Gasteiger partial charge < -0.3 is 4.98 Å². The third kappa shape index (κ3) is 3.95. The molecule has 2 heterocycles. The third-order valence-electron chi connectivity index (χ3n) is 4.40. The van der Waals surface area contributed by atoms with Crippen molar-refractivity contribution in [1.29, 1.82) is 0 Å². The van der Waals surface area contributed by atoms with Gasteiger partial charge in [0, 0.05) is 31.7 Å². The molecule has 0 bridgehead atoms. The summed E-state index contributed by atoms with van der Waals surface area (Å²) >= 11 is 0. The number of aromatic nitrogens is 2. The summed E-state index contributed by atoms with van der Waals surface area (Å²) in [5.74, 6) is -0.145. The summed E-state index contributed by atoms with van der Waals surface area (Å²) in [6, 6.07) is 5.75. The number of nitrogens with one attached hydrogen (secondary N) is 1. The zero-order chi connectivity index (χ0) is 19.7. The van der Waals surface area contributed by atoms with Gasteiger partial charge in [0.05, 0.1) is 17.4 Å². The summed E-state index contributed by atoms with van der Waals surface area (Å²) in [7, 11) is -7.50. The monoisotopic (exact) mass is 412 g/mol. The van der Waals surface area contributed by atoms with Crippen LogP contribution in [0.2, 0.25) is 0 Å². The van der Waals surface area contributed by atoms with E-state index in [0.29, 0.717) is 12.0 Å². The van der Waals surface area contributed by atoms with Crippen LogP contribution < -0.4 is 0 Å². The smallest absolute Gasteiger partial charge is 0.260 e. The molecular weight excluding hydrogens is 392 g/mol. The van der Waals surface area contributed by atoms with Crippen LogP contribution in [0.4, 0.5) is 0 Å². The number of sulfonamides is 2. The highest BCUT2D eigenvalue weighted by Crippen LogP contribution is 2.21. The molecule has 11 heteroatoms. The number of H-pyrrole nitrogens is 1. The molecule has 0 spiro atoms. The lowest BCUT2D eigenvalue weighted by Crippen LogP contribution is -2.37. The summed E-state index contributed by atoms with van der Waals surface area (Å²) < 4.78 is 53.4. The molecule has 2 aromatic rings. The Balaban J connectivity index is 1.78. The number of carbonyl (C=O) groups is 1. The number of carbonyl (C=O) groups excluding carboxylic acids is 1. The Morgan fingerprint density at radius 1 is 0.963 bits per heavy atom. The maximum absolute atomic E-state index is 12.9. The maximum atomic E-state index is 12.9. The van der Waals surface area contributed by atoms with E-state index in [1.54, 1.807) is 0 Å². The molecule has 1 aliphatic rings. The first-order valence-corrected chi connectivity index (χ1v) is 11.2. The third-order valence-corrected chi connectivity index (χ3v) is 8.14. The number of hydrogen-bond acceptors (Lipinski definition) is 6. The van der Waals surface area contributed by atoms with Gasteiger partial charge in [0.1, 0.15) is 0 Å². The zero-order valence-corrected chi connectivity index (χ0v) is 16.3. The highest BCUT2D eigenvalue weighted by molar-refractivity contribution is 7.89. The summed E-state index contributed by atoms with van der Waals surface area (Å²) in [6.07, 6.45) is 2.88. The molecule has 1 saturated heterocycles. The SMILES string of the molecule is CC(=O)c1ccc(S(=O)(=O)N2CCCN(S(=O)(=O)c3cnc[nH]3)CC2)cc1. The number of hydrogen-bond donors (Lipinski definition) is 1. The van der Waals surface area contributed by atoms with Crippen molar-refractivity contribution in [2.75, 3.05) is 26.2 Å². The van der Waals surface area contributed by atoms with E-state index in [1.807, 2.05) is 0 Å². The zero-order valence-electron chi connectivity index (χ0n) is 14.7. The normalized spacial score (nSPS) is 17.5. The fraction of sp³-hybridized carbons (Fsp3) is 0.375. The van der Waals surface area contributed by atoms with Crippen LogP contribution in [0.15, 0.2) is 46.7 Å². The largest absolute Gasteiger partial charge is 0.335 e. The minimum absolute atomic E-state index is 0.0152. The van der Waals surface area contributed by atoms with Crippen LogP contribution in [0.5, 0.6) is 0 Å². The minimum atomic E-state index is -3.77. The second kappa shape index (κ2) is 7.50. The molecule has 1 fully saturated rings. The number of ketones is 1. The van der Waals surface area contributed by atoms with Crippen LogP contribution in [-0.4, -0.2) is 67.4 Å². The van der Waals surface area contributed by atoms with E-state index >= 15 is 0 Å². The Kier molecular flexibility index (Phi) is 5.47. The van der Waals surface area contributed by atoms with Gasteiger partial charge in [-0.2, -0.15) is 8.61 Å². The number of aromatic amines is 1. The van der Waals surface area contributed by atoms with Crippen molar-refractivity contribution in [3.05, 3.63) is 42.4 Å². The molecule has 27 heavy (non-hydrogen) atoms. The average Bonchev–Trinajstić information content (AvgIpc) is 3.06. The quantitative estimate of drug-likeness (QED) is 0.722.